The van der Waals surface area contributed by atoms with Crippen LogP contribution in [0.3, 0.4) is 0 Å². The molecule has 0 atom stereocenters. The van der Waals surface area contributed by atoms with Gasteiger partial charge in [0, 0.05) is 16.8 Å². The van der Waals surface area contributed by atoms with Crippen molar-refractivity contribution in [2.75, 3.05) is 12.4 Å². The standard InChI is InChI=1S/C25H22N2O5S/c1-31-24-13-7-19(25(28)27-21-8-11-23(12-9-21)33(26,29)30)14-20(24)16-32-22-10-6-17-4-2-3-5-18(17)15-22/h2-15H,16H2,1H3,(H,27,28)(H2,26,29,30). The number of nitrogens with one attached hydrogen (secondary N) is 1. The number of primary sulfonamides is 1. The van der Waals surface area contributed by atoms with E-state index in [1.165, 1.54) is 24.3 Å². The molecule has 0 radical (unpaired) electrons. The van der Waals surface area contributed by atoms with Crippen LogP contribution < -0.4 is 19.9 Å². The Morgan fingerprint density at radius 3 is 2.33 bits per heavy atom. The van der Waals surface area contributed by atoms with Crippen LogP contribution >= 0.6 is 0 Å². The first-order valence-corrected chi connectivity index (χ1v) is 11.6. The zero-order valence-corrected chi connectivity index (χ0v) is 18.6. The number of methoxy groups -OCH3 is 1. The lowest BCUT2D eigenvalue weighted by molar-refractivity contribution is 0.102. The molecular formula is C25H22N2O5S. The van der Waals surface area contributed by atoms with Gasteiger partial charge in [0.25, 0.3) is 5.91 Å². The number of carbonyl (C=O) groups is 1. The molecule has 8 heteroatoms. The van der Waals surface area contributed by atoms with Gasteiger partial charge in [-0.1, -0.05) is 30.3 Å². The van der Waals surface area contributed by atoms with Gasteiger partial charge in [0.2, 0.25) is 10.0 Å². The topological polar surface area (TPSA) is 108 Å². The van der Waals surface area contributed by atoms with Gasteiger partial charge < -0.3 is 14.8 Å². The fraction of sp³-hybridized carbons (Fsp3) is 0.0800. The lowest BCUT2D eigenvalue weighted by Crippen LogP contribution is -2.14. The number of benzene rings is 4. The number of sulfonamides is 1. The van der Waals surface area contributed by atoms with E-state index in [0.29, 0.717) is 28.3 Å². The van der Waals surface area contributed by atoms with E-state index in [0.717, 1.165) is 10.8 Å². The molecule has 0 bridgehead atoms. The second kappa shape index (κ2) is 9.32. The van der Waals surface area contributed by atoms with Crippen LogP contribution in [0.4, 0.5) is 5.69 Å². The highest BCUT2D eigenvalue weighted by Crippen LogP contribution is 2.25. The van der Waals surface area contributed by atoms with Crippen molar-refractivity contribution in [2.24, 2.45) is 5.14 Å². The van der Waals surface area contributed by atoms with Crippen molar-refractivity contribution < 1.29 is 22.7 Å². The molecule has 0 saturated heterocycles. The summed E-state index contributed by atoms with van der Waals surface area (Å²) in [6.07, 6.45) is 0. The number of amides is 1. The van der Waals surface area contributed by atoms with Crippen LogP contribution in [0.15, 0.2) is 89.8 Å². The SMILES string of the molecule is COc1ccc(C(=O)Nc2ccc(S(N)(=O)=O)cc2)cc1COc1ccc2ccccc2c1. The van der Waals surface area contributed by atoms with E-state index in [9.17, 15) is 13.2 Å². The Hall–Kier alpha value is -3.88. The zero-order chi connectivity index (χ0) is 23.4. The predicted octanol–water partition coefficient (Wildman–Crippen LogP) is 4.33. The summed E-state index contributed by atoms with van der Waals surface area (Å²) in [5, 5.41) is 10.0. The third-order valence-electron chi connectivity index (χ3n) is 5.10. The smallest absolute Gasteiger partial charge is 0.255 e. The summed E-state index contributed by atoms with van der Waals surface area (Å²) < 4.78 is 34.1. The van der Waals surface area contributed by atoms with Gasteiger partial charge in [-0.3, -0.25) is 4.79 Å². The van der Waals surface area contributed by atoms with E-state index in [1.54, 1.807) is 25.3 Å². The normalized spacial score (nSPS) is 11.2. The van der Waals surface area contributed by atoms with Crippen LogP contribution in [-0.4, -0.2) is 21.4 Å². The fourth-order valence-electron chi connectivity index (χ4n) is 3.38. The number of anilines is 1. The first kappa shape index (κ1) is 22.3. The number of fused-ring (bicyclic) bond motifs is 1. The number of nitrogens with two attached hydrogens (primary N) is 1. The van der Waals surface area contributed by atoms with Gasteiger partial charge in [-0.2, -0.15) is 0 Å². The second-order valence-electron chi connectivity index (χ2n) is 7.35. The molecular weight excluding hydrogens is 440 g/mol. The average molecular weight is 463 g/mol. The fourth-order valence-corrected chi connectivity index (χ4v) is 3.90. The molecule has 4 aromatic carbocycles. The lowest BCUT2D eigenvalue weighted by atomic mass is 10.1. The number of hydrogen-bond acceptors (Lipinski definition) is 5. The van der Waals surface area contributed by atoms with Crippen LogP contribution in [0.2, 0.25) is 0 Å². The average Bonchev–Trinajstić information content (AvgIpc) is 2.82. The van der Waals surface area contributed by atoms with E-state index in [2.05, 4.69) is 5.32 Å². The van der Waals surface area contributed by atoms with Gasteiger partial charge in [0.1, 0.15) is 18.1 Å². The van der Waals surface area contributed by atoms with Crippen molar-refractivity contribution in [2.45, 2.75) is 11.5 Å². The summed E-state index contributed by atoms with van der Waals surface area (Å²) in [4.78, 5) is 12.7. The first-order chi connectivity index (χ1) is 15.8. The molecule has 0 aliphatic carbocycles. The summed E-state index contributed by atoms with van der Waals surface area (Å²) in [5.41, 5.74) is 1.56. The molecule has 3 N–H and O–H groups in total. The van der Waals surface area contributed by atoms with Gasteiger partial charge in [-0.05, 0) is 65.4 Å². The minimum absolute atomic E-state index is 0.0296. The maximum atomic E-state index is 12.7. The van der Waals surface area contributed by atoms with E-state index in [1.807, 2.05) is 42.5 Å². The molecule has 1 amide bonds. The van der Waals surface area contributed by atoms with Crippen molar-refractivity contribution in [1.82, 2.24) is 0 Å². The second-order valence-corrected chi connectivity index (χ2v) is 8.91. The molecule has 0 fully saturated rings. The molecule has 0 aliphatic rings. The Morgan fingerprint density at radius 2 is 1.64 bits per heavy atom. The Labute approximate surface area is 191 Å². The molecule has 4 rings (SSSR count). The van der Waals surface area contributed by atoms with Gasteiger partial charge in [-0.15, -0.1) is 0 Å². The van der Waals surface area contributed by atoms with Crippen molar-refractivity contribution in [1.29, 1.82) is 0 Å². The highest BCUT2D eigenvalue weighted by molar-refractivity contribution is 7.89. The number of carbonyl (C=O) groups excluding carboxylic acids is 1. The van der Waals surface area contributed by atoms with Crippen LogP contribution in [0.5, 0.6) is 11.5 Å². The Kier molecular flexibility index (Phi) is 6.30. The molecule has 0 spiro atoms. The van der Waals surface area contributed by atoms with Gasteiger partial charge in [0.15, 0.2) is 0 Å². The minimum Gasteiger partial charge on any atom is -0.496 e. The maximum Gasteiger partial charge on any atom is 0.255 e. The van der Waals surface area contributed by atoms with E-state index < -0.39 is 10.0 Å². The predicted molar refractivity (Wildman–Crippen MR) is 127 cm³/mol. The van der Waals surface area contributed by atoms with Crippen LogP contribution in [0.1, 0.15) is 15.9 Å². The molecule has 0 unspecified atom stereocenters. The van der Waals surface area contributed by atoms with E-state index in [-0.39, 0.29) is 17.4 Å². The van der Waals surface area contributed by atoms with E-state index in [4.69, 9.17) is 14.6 Å². The van der Waals surface area contributed by atoms with Crippen molar-refractivity contribution in [3.63, 3.8) is 0 Å². The maximum absolute atomic E-state index is 12.7. The Morgan fingerprint density at radius 1 is 0.909 bits per heavy atom. The van der Waals surface area contributed by atoms with Crippen LogP contribution in [0, 0.1) is 0 Å². The molecule has 168 valence electrons. The molecule has 0 aromatic heterocycles. The van der Waals surface area contributed by atoms with Gasteiger partial charge in [-0.25, -0.2) is 13.6 Å². The molecule has 0 aliphatic heterocycles. The zero-order valence-electron chi connectivity index (χ0n) is 17.8. The minimum atomic E-state index is -3.80. The molecule has 33 heavy (non-hydrogen) atoms. The van der Waals surface area contributed by atoms with Gasteiger partial charge >= 0.3 is 0 Å². The largest absolute Gasteiger partial charge is 0.496 e. The van der Waals surface area contributed by atoms with E-state index >= 15 is 0 Å². The summed E-state index contributed by atoms with van der Waals surface area (Å²) in [5.74, 6) is 0.957. The van der Waals surface area contributed by atoms with Crippen molar-refractivity contribution in [3.8, 4) is 11.5 Å². The van der Waals surface area contributed by atoms with Crippen LogP contribution in [-0.2, 0) is 16.6 Å². The third kappa shape index (κ3) is 5.31. The Bertz CT molecular complexity index is 1420. The quantitative estimate of drug-likeness (QED) is 0.425. The van der Waals surface area contributed by atoms with Gasteiger partial charge in [0.05, 0.1) is 12.0 Å². The number of hydrogen-bond donors (Lipinski definition) is 2. The molecule has 7 nitrogen and oxygen atoms in total. The summed E-state index contributed by atoms with van der Waals surface area (Å²) in [6, 6.07) is 24.5. The Balaban J connectivity index is 1.50. The third-order valence-corrected chi connectivity index (χ3v) is 6.03. The first-order valence-electron chi connectivity index (χ1n) is 10.1. The lowest BCUT2D eigenvalue weighted by Gasteiger charge is -2.13. The molecule has 0 heterocycles. The summed E-state index contributed by atoms with van der Waals surface area (Å²) >= 11 is 0. The highest BCUT2D eigenvalue weighted by Gasteiger charge is 2.13. The summed E-state index contributed by atoms with van der Waals surface area (Å²) in [6.45, 7) is 0.214. The monoisotopic (exact) mass is 462 g/mol. The number of ether oxygens (including phenoxy) is 2. The van der Waals surface area contributed by atoms with Crippen molar-refractivity contribution >= 4 is 32.4 Å². The van der Waals surface area contributed by atoms with Crippen LogP contribution in [0.25, 0.3) is 10.8 Å². The number of rotatable bonds is 7. The highest BCUT2D eigenvalue weighted by atomic mass is 32.2. The molecule has 4 aromatic rings. The summed E-state index contributed by atoms with van der Waals surface area (Å²) in [7, 11) is -2.24. The molecule has 0 saturated carbocycles. The van der Waals surface area contributed by atoms with Crippen molar-refractivity contribution in [3.05, 3.63) is 96.1 Å².